The van der Waals surface area contributed by atoms with Crippen LogP contribution >= 0.6 is 0 Å². The molecule has 1 aromatic heterocycles. The molecule has 118 valence electrons. The number of H-pyrrole nitrogens is 1. The van der Waals surface area contributed by atoms with E-state index in [1.807, 2.05) is 0 Å². The first-order valence-corrected chi connectivity index (χ1v) is 7.77. The highest BCUT2D eigenvalue weighted by molar-refractivity contribution is 5.51. The first-order valence-electron chi connectivity index (χ1n) is 7.77. The fraction of sp³-hybridized carbons (Fsp3) is 0.733. The Hall–Kier alpha value is -1.56. The Kier molecular flexibility index (Phi) is 5.61. The highest BCUT2D eigenvalue weighted by Gasteiger charge is 2.27. The van der Waals surface area contributed by atoms with Crippen molar-refractivity contribution in [1.82, 2.24) is 15.3 Å². The molecule has 2 N–H and O–H groups in total. The monoisotopic (exact) mass is 294 g/mol. The van der Waals surface area contributed by atoms with Crippen molar-refractivity contribution in [2.45, 2.75) is 39.2 Å². The zero-order valence-electron chi connectivity index (χ0n) is 13.2. The second kappa shape index (κ2) is 7.45. The van der Waals surface area contributed by atoms with Crippen molar-refractivity contribution in [2.75, 3.05) is 31.6 Å². The summed E-state index contributed by atoms with van der Waals surface area (Å²) < 4.78 is 5.23. The van der Waals surface area contributed by atoms with Gasteiger partial charge in [-0.3, -0.25) is 4.79 Å². The van der Waals surface area contributed by atoms with Crippen LogP contribution in [-0.4, -0.2) is 42.8 Å². The van der Waals surface area contributed by atoms with Crippen LogP contribution in [0.1, 0.15) is 33.1 Å². The smallest absolute Gasteiger partial charge is 0.295 e. The van der Waals surface area contributed by atoms with Gasteiger partial charge in [0.25, 0.3) is 5.56 Å². The van der Waals surface area contributed by atoms with Gasteiger partial charge in [-0.25, -0.2) is 4.98 Å². The minimum Gasteiger partial charge on any atom is -0.489 e. The molecular formula is C15H26N4O2. The molecule has 21 heavy (non-hydrogen) atoms. The second-order valence-electron chi connectivity index (χ2n) is 5.68. The van der Waals surface area contributed by atoms with Crippen molar-refractivity contribution in [1.29, 1.82) is 0 Å². The van der Waals surface area contributed by atoms with Crippen LogP contribution < -0.4 is 20.5 Å². The molecule has 1 aliphatic rings. The molecule has 2 unspecified atom stereocenters. The summed E-state index contributed by atoms with van der Waals surface area (Å²) in [7, 11) is 1.52. The van der Waals surface area contributed by atoms with E-state index in [0.29, 0.717) is 23.5 Å². The van der Waals surface area contributed by atoms with Crippen LogP contribution in [0.3, 0.4) is 0 Å². The lowest BCUT2D eigenvalue weighted by molar-refractivity contribution is 0.317. The summed E-state index contributed by atoms with van der Waals surface area (Å²) in [4.78, 5) is 20.9. The van der Waals surface area contributed by atoms with Crippen molar-refractivity contribution in [3.63, 3.8) is 0 Å². The van der Waals surface area contributed by atoms with Gasteiger partial charge in [0.2, 0.25) is 5.75 Å². The van der Waals surface area contributed by atoms with Gasteiger partial charge in [-0.15, -0.1) is 0 Å². The van der Waals surface area contributed by atoms with E-state index in [1.165, 1.54) is 19.9 Å². The number of anilines is 1. The number of hydrogen-bond donors (Lipinski definition) is 2. The Balaban J connectivity index is 2.11. The van der Waals surface area contributed by atoms with Crippen molar-refractivity contribution >= 4 is 5.82 Å². The Morgan fingerprint density at radius 2 is 2.43 bits per heavy atom. The standard InChI is InChI=1S/C15H26N4O2/c1-4-7-16-11(2)12-6-5-8-19(9-12)14-13(21-3)15(20)18-10-17-14/h10-12,16H,4-9H2,1-3H3,(H,17,18,20). The van der Waals surface area contributed by atoms with E-state index in [9.17, 15) is 4.79 Å². The predicted octanol–water partition coefficient (Wildman–Crippen LogP) is 1.38. The first-order chi connectivity index (χ1) is 10.2. The minimum atomic E-state index is -0.221. The van der Waals surface area contributed by atoms with E-state index < -0.39 is 0 Å². The number of methoxy groups -OCH3 is 1. The number of hydrogen-bond acceptors (Lipinski definition) is 5. The normalized spacial score (nSPS) is 20.3. The average Bonchev–Trinajstić information content (AvgIpc) is 2.52. The molecule has 6 nitrogen and oxygen atoms in total. The third-order valence-electron chi connectivity index (χ3n) is 4.18. The molecule has 6 heteroatoms. The van der Waals surface area contributed by atoms with Crippen molar-refractivity contribution < 1.29 is 4.74 Å². The molecule has 1 aromatic rings. The maximum Gasteiger partial charge on any atom is 0.295 e. The van der Waals surface area contributed by atoms with Crippen LogP contribution in [-0.2, 0) is 0 Å². The molecule has 2 atom stereocenters. The van der Waals surface area contributed by atoms with E-state index in [-0.39, 0.29) is 5.56 Å². The molecule has 1 aliphatic heterocycles. The lowest BCUT2D eigenvalue weighted by atomic mass is 9.91. The van der Waals surface area contributed by atoms with Gasteiger partial charge in [-0.2, -0.15) is 0 Å². The largest absolute Gasteiger partial charge is 0.489 e. The van der Waals surface area contributed by atoms with E-state index in [4.69, 9.17) is 4.74 Å². The molecule has 0 radical (unpaired) electrons. The average molecular weight is 294 g/mol. The second-order valence-corrected chi connectivity index (χ2v) is 5.68. The summed E-state index contributed by atoms with van der Waals surface area (Å²) >= 11 is 0. The van der Waals surface area contributed by atoms with Gasteiger partial charge < -0.3 is 19.9 Å². The molecule has 2 rings (SSSR count). The summed E-state index contributed by atoms with van der Waals surface area (Å²) in [6.45, 7) is 7.29. The molecule has 0 aromatic carbocycles. The molecule has 0 amide bonds. The van der Waals surface area contributed by atoms with Gasteiger partial charge in [0.15, 0.2) is 5.82 Å². The Labute approximate surface area is 125 Å². The summed E-state index contributed by atoms with van der Waals surface area (Å²) in [6.07, 6.45) is 4.91. The van der Waals surface area contributed by atoms with Gasteiger partial charge in [0.1, 0.15) is 0 Å². The molecule has 1 saturated heterocycles. The van der Waals surface area contributed by atoms with Crippen molar-refractivity contribution in [3.05, 3.63) is 16.7 Å². The Bertz CT molecular complexity index is 503. The lowest BCUT2D eigenvalue weighted by Gasteiger charge is -2.37. The SMILES string of the molecule is CCCNC(C)C1CCCN(c2nc[nH]c(=O)c2OC)C1. The third-order valence-corrected chi connectivity index (χ3v) is 4.18. The van der Waals surface area contributed by atoms with Crippen LogP contribution in [0, 0.1) is 5.92 Å². The fourth-order valence-electron chi connectivity index (χ4n) is 2.94. The fourth-order valence-corrected chi connectivity index (χ4v) is 2.94. The molecule has 0 saturated carbocycles. The van der Waals surface area contributed by atoms with E-state index >= 15 is 0 Å². The quantitative estimate of drug-likeness (QED) is 0.829. The summed E-state index contributed by atoms with van der Waals surface area (Å²) in [6, 6.07) is 0.473. The van der Waals surface area contributed by atoms with Crippen molar-refractivity contribution in [2.24, 2.45) is 5.92 Å². The zero-order chi connectivity index (χ0) is 15.2. The molecule has 0 aliphatic carbocycles. The van der Waals surface area contributed by atoms with Gasteiger partial charge in [0.05, 0.1) is 13.4 Å². The Morgan fingerprint density at radius 1 is 1.62 bits per heavy atom. The maximum absolute atomic E-state index is 11.8. The van der Waals surface area contributed by atoms with Gasteiger partial charge in [0, 0.05) is 19.1 Å². The third kappa shape index (κ3) is 3.75. The van der Waals surface area contributed by atoms with Crippen LogP contribution in [0.15, 0.2) is 11.1 Å². The number of rotatable bonds is 6. The lowest BCUT2D eigenvalue weighted by Crippen LogP contribution is -2.45. The number of aromatic amines is 1. The van der Waals surface area contributed by atoms with E-state index in [1.54, 1.807) is 0 Å². The van der Waals surface area contributed by atoms with Gasteiger partial charge in [-0.05, 0) is 38.6 Å². The summed E-state index contributed by atoms with van der Waals surface area (Å²) in [5, 5.41) is 3.57. The topological polar surface area (TPSA) is 70.2 Å². The van der Waals surface area contributed by atoms with Gasteiger partial charge in [-0.1, -0.05) is 6.92 Å². The number of ether oxygens (including phenoxy) is 1. The molecule has 2 heterocycles. The highest BCUT2D eigenvalue weighted by atomic mass is 16.5. The highest BCUT2D eigenvalue weighted by Crippen LogP contribution is 2.27. The molecular weight excluding hydrogens is 268 g/mol. The van der Waals surface area contributed by atoms with Crippen LogP contribution in [0.2, 0.25) is 0 Å². The number of piperidine rings is 1. The summed E-state index contributed by atoms with van der Waals surface area (Å²) in [5.74, 6) is 1.54. The molecule has 0 spiro atoms. The zero-order valence-corrected chi connectivity index (χ0v) is 13.2. The van der Waals surface area contributed by atoms with Crippen molar-refractivity contribution in [3.8, 4) is 5.75 Å². The van der Waals surface area contributed by atoms with E-state index in [0.717, 1.165) is 32.5 Å². The van der Waals surface area contributed by atoms with Crippen LogP contribution in [0.4, 0.5) is 5.82 Å². The van der Waals surface area contributed by atoms with Crippen LogP contribution in [0.5, 0.6) is 5.75 Å². The molecule has 0 bridgehead atoms. The number of nitrogens with zero attached hydrogens (tertiary/aromatic N) is 2. The summed E-state index contributed by atoms with van der Waals surface area (Å²) in [5.41, 5.74) is -0.221. The molecule has 1 fully saturated rings. The van der Waals surface area contributed by atoms with Gasteiger partial charge >= 0.3 is 0 Å². The maximum atomic E-state index is 11.8. The Morgan fingerprint density at radius 3 is 3.14 bits per heavy atom. The number of nitrogens with one attached hydrogen (secondary N) is 2. The first kappa shape index (κ1) is 15.8. The van der Waals surface area contributed by atoms with E-state index in [2.05, 4.69) is 34.0 Å². The predicted molar refractivity (Wildman–Crippen MR) is 84.1 cm³/mol. The number of aromatic nitrogens is 2. The van der Waals surface area contributed by atoms with Crippen LogP contribution in [0.25, 0.3) is 0 Å². The minimum absolute atomic E-state index is 0.221.